The van der Waals surface area contributed by atoms with E-state index in [0.717, 1.165) is 156 Å². The summed E-state index contributed by atoms with van der Waals surface area (Å²) in [6, 6.07) is 56.9. The average Bonchev–Trinajstić information content (AvgIpc) is 1.63. The molecule has 9 heteroatoms. The molecule has 0 saturated heterocycles. The lowest BCUT2D eigenvalue weighted by Gasteiger charge is -2.26. The molecule has 4 aliphatic rings. The van der Waals surface area contributed by atoms with Crippen molar-refractivity contribution < 1.29 is 0 Å². The molecule has 11 aromatic rings. The number of H-pyrrole nitrogens is 4. The topological polar surface area (TPSA) is 141 Å². The number of hydrogen-bond donors (Lipinski definition) is 5. The Labute approximate surface area is 658 Å². The van der Waals surface area contributed by atoms with Crippen LogP contribution in [0.15, 0.2) is 152 Å². The van der Waals surface area contributed by atoms with Crippen molar-refractivity contribution in [2.24, 2.45) is 0 Å². The van der Waals surface area contributed by atoms with Gasteiger partial charge in [-0.3, -0.25) is 0 Å². The van der Waals surface area contributed by atoms with Crippen molar-refractivity contribution in [2.45, 2.75) is 209 Å². The minimum atomic E-state index is -0.185. The molecule has 4 aliphatic heterocycles. The van der Waals surface area contributed by atoms with E-state index in [0.29, 0.717) is 5.69 Å². The Morgan fingerprint density at radius 3 is 0.694 bits per heavy atom. The van der Waals surface area contributed by atoms with Gasteiger partial charge in [0.2, 0.25) is 0 Å². The number of aromatic nitrogens is 8. The molecule has 9 nitrogen and oxygen atoms in total. The molecule has 0 radical (unpaired) electrons. The summed E-state index contributed by atoms with van der Waals surface area (Å²) in [7, 11) is 0. The predicted molar refractivity (Wildman–Crippen MR) is 478 cm³/mol. The molecule has 6 aromatic heterocycles. The Bertz CT molecular complexity index is 5860. The van der Waals surface area contributed by atoms with Crippen LogP contribution in [0.25, 0.3) is 160 Å². The van der Waals surface area contributed by atoms with Crippen molar-refractivity contribution in [3.05, 3.63) is 242 Å². The number of nitrogens with two attached hydrogens (primary N) is 1. The number of hydrogen-bond acceptors (Lipinski definition) is 5. The first-order chi connectivity index (χ1) is 51.9. The van der Waals surface area contributed by atoms with Gasteiger partial charge in [0.05, 0.1) is 45.6 Å². The molecule has 564 valence electrons. The summed E-state index contributed by atoms with van der Waals surface area (Å²) < 4.78 is 0. The third-order valence-electron chi connectivity index (χ3n) is 22.6. The van der Waals surface area contributed by atoms with Crippen LogP contribution in [-0.2, 0) is 43.3 Å². The summed E-state index contributed by atoms with van der Waals surface area (Å²) in [5.41, 5.74) is 41.5. The fourth-order valence-electron chi connectivity index (χ4n) is 15.6. The molecule has 0 spiro atoms. The van der Waals surface area contributed by atoms with Crippen LogP contribution in [-0.4, -0.2) is 39.9 Å². The number of nitrogen functional groups attached to an aromatic ring is 1. The number of anilines is 1. The molecule has 0 saturated carbocycles. The van der Waals surface area contributed by atoms with Crippen LogP contribution in [0.5, 0.6) is 0 Å². The largest absolute Gasteiger partial charge is 0.399 e. The van der Waals surface area contributed by atoms with Gasteiger partial charge in [0.25, 0.3) is 0 Å². The first-order valence-electron chi connectivity index (χ1n) is 39.7. The fraction of sp³-hybridized carbons (Fsp3) is 0.314. The summed E-state index contributed by atoms with van der Waals surface area (Å²) in [5, 5.41) is 0. The van der Waals surface area contributed by atoms with Gasteiger partial charge >= 0.3 is 0 Å². The molecular weight excluding hydrogens is 1350 g/mol. The molecule has 0 unspecified atom stereocenters. The van der Waals surface area contributed by atoms with E-state index in [2.05, 4.69) is 374 Å². The lowest BCUT2D eigenvalue weighted by atomic mass is 9.78. The van der Waals surface area contributed by atoms with Crippen molar-refractivity contribution >= 4 is 98.4 Å². The maximum atomic E-state index is 6.52. The third-order valence-corrected chi connectivity index (χ3v) is 22.6. The molecule has 10 heterocycles. The Balaban J connectivity index is 1.18. The number of aromatic amines is 4. The quantitative estimate of drug-likeness (QED) is 0.105. The Morgan fingerprint density at radius 1 is 0.207 bits per heavy atom. The van der Waals surface area contributed by atoms with E-state index in [1.165, 1.54) is 44.5 Å². The first-order valence-corrected chi connectivity index (χ1v) is 39.7. The Kier molecular flexibility index (Phi) is 18.1. The van der Waals surface area contributed by atoms with Crippen molar-refractivity contribution in [3.8, 4) is 66.8 Å². The van der Waals surface area contributed by atoms with Crippen LogP contribution >= 0.6 is 0 Å². The summed E-state index contributed by atoms with van der Waals surface area (Å²) in [6.45, 7) is 55.5. The number of nitrogens with one attached hydrogen (secondary N) is 4. The molecule has 111 heavy (non-hydrogen) atoms. The normalized spacial score (nSPS) is 13.7. The van der Waals surface area contributed by atoms with Gasteiger partial charge in [-0.1, -0.05) is 251 Å². The maximum absolute atomic E-state index is 6.52. The van der Waals surface area contributed by atoms with Gasteiger partial charge in [-0.15, -0.1) is 0 Å². The van der Waals surface area contributed by atoms with Gasteiger partial charge in [0.15, 0.2) is 0 Å². The Hall–Kier alpha value is -10.9. The number of fused-ring (bicyclic) bond motifs is 16. The average molecular weight is 1460 g/mol. The highest BCUT2D eigenvalue weighted by Gasteiger charge is 2.31. The van der Waals surface area contributed by atoms with Crippen LogP contribution in [0.1, 0.15) is 256 Å². The zero-order chi connectivity index (χ0) is 79.4. The van der Waals surface area contributed by atoms with E-state index in [-0.39, 0.29) is 43.3 Å². The molecule has 5 aromatic carbocycles. The maximum Gasteiger partial charge on any atom is 0.0738 e. The van der Waals surface area contributed by atoms with Gasteiger partial charge < -0.3 is 25.7 Å². The summed E-state index contributed by atoms with van der Waals surface area (Å²) in [4.78, 5) is 40.1. The van der Waals surface area contributed by atoms with Crippen molar-refractivity contribution in [2.75, 3.05) is 5.73 Å². The van der Waals surface area contributed by atoms with E-state index in [9.17, 15) is 0 Å². The zero-order valence-corrected chi connectivity index (χ0v) is 69.9. The second kappa shape index (κ2) is 26.7. The molecule has 15 rings (SSSR count). The Morgan fingerprint density at radius 2 is 0.423 bits per heavy atom. The SMILES string of the molecule is CC(C)(C)c1cc(-c2c3nc(c(-c4c5nc(c(-c6cc(C(C)(C)C)cc(C(C)(C)C)c6)c6ccc([nH]6)c(-c6ccc(N)cc6)c6nc(c(-c7cc(C(C)(C)C)cc(C(C)(C)C)c7)c7ccc4[nH]7)C=C6)C=C5)c4ccc([nH]4)c(-c4cc(C(C)(C)C)cc(C(C)(C)C)c4)c4nc(cc5ccc2[nH]5)C=C4)C=C3)cc(C(C)(C)C)c1. The second-order valence-corrected chi connectivity index (χ2v) is 39.7. The highest BCUT2D eigenvalue weighted by atomic mass is 14.8. The van der Waals surface area contributed by atoms with E-state index < -0.39 is 0 Å². The van der Waals surface area contributed by atoms with Crippen molar-refractivity contribution in [1.29, 1.82) is 0 Å². The molecule has 16 bridgehead atoms. The van der Waals surface area contributed by atoms with Gasteiger partial charge in [0.1, 0.15) is 0 Å². The number of nitrogens with zero attached hydrogens (tertiary/aromatic N) is 4. The monoisotopic (exact) mass is 1460 g/mol. The smallest absolute Gasteiger partial charge is 0.0738 e. The van der Waals surface area contributed by atoms with Crippen LogP contribution in [0.3, 0.4) is 0 Å². The summed E-state index contributed by atoms with van der Waals surface area (Å²) in [5.74, 6) is 0. The lowest BCUT2D eigenvalue weighted by Crippen LogP contribution is -2.16. The molecule has 0 fully saturated rings. The van der Waals surface area contributed by atoms with Crippen LogP contribution in [0, 0.1) is 0 Å². The van der Waals surface area contributed by atoms with Gasteiger partial charge in [-0.25, -0.2) is 19.9 Å². The van der Waals surface area contributed by atoms with E-state index in [1.54, 1.807) is 0 Å². The molecule has 0 atom stereocenters. The van der Waals surface area contributed by atoms with Gasteiger partial charge in [0, 0.05) is 88.8 Å². The van der Waals surface area contributed by atoms with Crippen LogP contribution < -0.4 is 5.73 Å². The first kappa shape index (κ1) is 75.5. The van der Waals surface area contributed by atoms with E-state index in [4.69, 9.17) is 25.7 Å². The minimum absolute atomic E-state index is 0.159. The number of rotatable bonds is 6. The molecule has 0 aliphatic carbocycles. The van der Waals surface area contributed by atoms with E-state index in [1.807, 2.05) is 12.1 Å². The van der Waals surface area contributed by atoms with E-state index >= 15 is 0 Å². The number of benzene rings is 5. The van der Waals surface area contributed by atoms with Gasteiger partial charge in [-0.2, -0.15) is 0 Å². The standard InChI is InChI=1S/C102H111N9/c1-95(2,3)63-45-59(46-64(53-63)96(4,5)6)89-74-31-29-72(104-74)57-73-30-32-75(105-73)90(60-47-65(97(7,8)9)54-66(48-60)98(10,11)12)79-38-42-85(109-79)93(84-41-37-78(89)108-84)94-86-43-39-82(110-86)91(61-49-67(99(13,14)15)55-68(50-61)100(16,17)18)80-35-33-76(106-80)88(58-25-27-71(103)28-26-58)77-34-36-81(107-77)92(83-40-44-87(94)111-83)62-51-69(101(19,20)21)56-70(52-62)102(22,23)24/h25-57,104,106,109,111H,103H2,1-24H3. The summed E-state index contributed by atoms with van der Waals surface area (Å²) >= 11 is 0. The van der Waals surface area contributed by atoms with Gasteiger partial charge in [-0.05, 0) is 231 Å². The zero-order valence-electron chi connectivity index (χ0n) is 69.9. The molecule has 6 N–H and O–H groups in total. The minimum Gasteiger partial charge on any atom is -0.399 e. The molecule has 0 amide bonds. The highest BCUT2D eigenvalue weighted by Crippen LogP contribution is 2.47. The second-order valence-electron chi connectivity index (χ2n) is 39.7. The fourth-order valence-corrected chi connectivity index (χ4v) is 15.6. The van der Waals surface area contributed by atoms with Crippen LogP contribution in [0.4, 0.5) is 5.69 Å². The van der Waals surface area contributed by atoms with Crippen molar-refractivity contribution in [3.63, 3.8) is 0 Å². The van der Waals surface area contributed by atoms with Crippen molar-refractivity contribution in [1.82, 2.24) is 39.9 Å². The van der Waals surface area contributed by atoms with Crippen LogP contribution in [0.2, 0.25) is 0 Å². The third kappa shape index (κ3) is 14.8. The highest BCUT2D eigenvalue weighted by molar-refractivity contribution is 6.06. The summed E-state index contributed by atoms with van der Waals surface area (Å²) in [6.07, 6.45) is 17.7. The lowest BCUT2D eigenvalue weighted by molar-refractivity contribution is 0.568. The molecular formula is C102H111N9. The predicted octanol–water partition coefficient (Wildman–Crippen LogP) is 27.6.